The van der Waals surface area contributed by atoms with Crippen molar-refractivity contribution in [3.05, 3.63) is 44.6 Å². The molecule has 0 atom stereocenters. The number of nitrogens with zero attached hydrogens (tertiary/aromatic N) is 1. The fourth-order valence-electron chi connectivity index (χ4n) is 2.45. The first-order valence-corrected chi connectivity index (χ1v) is 11.5. The fraction of sp³-hybridized carbons (Fsp3) is 0.435. The zero-order chi connectivity index (χ0) is 21.5. The summed E-state index contributed by atoms with van der Waals surface area (Å²) in [6.45, 7) is 14.0. The summed E-state index contributed by atoms with van der Waals surface area (Å²) in [7, 11) is 0. The van der Waals surface area contributed by atoms with Crippen molar-refractivity contribution in [3.63, 3.8) is 0 Å². The molecule has 3 heterocycles. The number of aryl methyl sites for hydroxylation is 2. The van der Waals surface area contributed by atoms with Crippen LogP contribution in [0.25, 0.3) is 10.2 Å². The highest BCUT2D eigenvalue weighted by Crippen LogP contribution is 2.35. The highest BCUT2D eigenvalue weighted by atomic mass is 32.1. The number of fused-ring (bicyclic) bond motifs is 1. The van der Waals surface area contributed by atoms with Gasteiger partial charge in [-0.3, -0.25) is 4.98 Å². The first-order valence-electron chi connectivity index (χ1n) is 9.79. The van der Waals surface area contributed by atoms with Crippen LogP contribution < -0.4 is 11.1 Å². The summed E-state index contributed by atoms with van der Waals surface area (Å²) in [4.78, 5) is 7.41. The third-order valence-electron chi connectivity index (χ3n) is 3.50. The number of aromatic nitrogens is 1. The summed E-state index contributed by atoms with van der Waals surface area (Å²) in [5.74, 6) is 0. The molecular formula is C23H35N3S2. The Labute approximate surface area is 179 Å². The van der Waals surface area contributed by atoms with Gasteiger partial charge in [0.05, 0.1) is 15.9 Å². The van der Waals surface area contributed by atoms with Gasteiger partial charge in [-0.1, -0.05) is 40.2 Å². The quantitative estimate of drug-likeness (QED) is 0.450. The Bertz CT molecular complexity index is 802. The molecule has 0 aliphatic heterocycles. The number of nitrogens with one attached hydrogen (secondary N) is 1. The van der Waals surface area contributed by atoms with E-state index in [0.29, 0.717) is 6.54 Å². The van der Waals surface area contributed by atoms with Crippen molar-refractivity contribution in [2.45, 2.75) is 60.9 Å². The molecule has 3 nitrogen and oxygen atoms in total. The maximum Gasteiger partial charge on any atom is 0.0865 e. The van der Waals surface area contributed by atoms with E-state index in [9.17, 15) is 0 Å². The Kier molecular flexibility index (Phi) is 14.1. The van der Waals surface area contributed by atoms with Gasteiger partial charge in [-0.25, -0.2) is 0 Å². The Hall–Kier alpha value is -1.87. The van der Waals surface area contributed by atoms with Gasteiger partial charge in [0.15, 0.2) is 0 Å². The van der Waals surface area contributed by atoms with E-state index in [-0.39, 0.29) is 0 Å². The SMILES string of the molecule is C#C.CC.CCC.Cc1cc(NCc2cccs2)c2sc(CCN)c(C)c2n1. The van der Waals surface area contributed by atoms with Crippen molar-refractivity contribution >= 4 is 38.6 Å². The van der Waals surface area contributed by atoms with Crippen molar-refractivity contribution in [1.29, 1.82) is 0 Å². The van der Waals surface area contributed by atoms with Gasteiger partial charge in [0.1, 0.15) is 0 Å². The van der Waals surface area contributed by atoms with E-state index >= 15 is 0 Å². The predicted octanol–water partition coefficient (Wildman–Crippen LogP) is 6.78. The third kappa shape index (κ3) is 7.63. The summed E-state index contributed by atoms with van der Waals surface area (Å²) < 4.78 is 1.25. The summed E-state index contributed by atoms with van der Waals surface area (Å²) in [5, 5.41) is 5.67. The van der Waals surface area contributed by atoms with Crippen LogP contribution in [-0.2, 0) is 13.0 Å². The molecule has 0 saturated carbocycles. The van der Waals surface area contributed by atoms with Gasteiger partial charge in [-0.05, 0) is 49.9 Å². The number of hydrogen-bond acceptors (Lipinski definition) is 5. The molecule has 3 rings (SSSR count). The highest BCUT2D eigenvalue weighted by molar-refractivity contribution is 7.19. The molecular weight excluding hydrogens is 382 g/mol. The molecule has 0 saturated heterocycles. The van der Waals surface area contributed by atoms with E-state index < -0.39 is 0 Å². The molecule has 154 valence electrons. The second-order valence-corrected chi connectivity index (χ2v) is 7.96. The van der Waals surface area contributed by atoms with E-state index in [4.69, 9.17) is 10.7 Å². The summed E-state index contributed by atoms with van der Waals surface area (Å²) in [6.07, 6.45) is 10.2. The van der Waals surface area contributed by atoms with Gasteiger partial charge >= 0.3 is 0 Å². The summed E-state index contributed by atoms with van der Waals surface area (Å²) >= 11 is 3.60. The van der Waals surface area contributed by atoms with Gasteiger partial charge < -0.3 is 11.1 Å². The van der Waals surface area contributed by atoms with Crippen molar-refractivity contribution in [3.8, 4) is 12.8 Å². The van der Waals surface area contributed by atoms with Gasteiger partial charge in [-0.15, -0.1) is 35.5 Å². The standard InChI is InChI=1S/C16H19N3S2.C3H8.C2H6.C2H2/c1-10-8-13(18-9-12-4-3-7-20-12)16-15(19-10)11(2)14(21-16)5-6-17;1-3-2;2*1-2/h3-4,7-8H,5-6,9,17H2,1-2H3,(H,18,19);3H2,1-2H3;1-2H3;1-2H. The van der Waals surface area contributed by atoms with E-state index in [1.54, 1.807) is 11.3 Å². The Balaban J connectivity index is 0.000000930. The molecule has 28 heavy (non-hydrogen) atoms. The van der Waals surface area contributed by atoms with E-state index in [1.165, 1.54) is 32.1 Å². The zero-order valence-corrected chi connectivity index (χ0v) is 19.8. The zero-order valence-electron chi connectivity index (χ0n) is 18.1. The van der Waals surface area contributed by atoms with Crippen LogP contribution in [0.3, 0.4) is 0 Å². The lowest BCUT2D eigenvalue weighted by atomic mass is 10.2. The minimum absolute atomic E-state index is 0.685. The molecule has 0 amide bonds. The van der Waals surface area contributed by atoms with Crippen molar-refractivity contribution in [2.24, 2.45) is 5.73 Å². The van der Waals surface area contributed by atoms with Crippen LogP contribution in [-0.4, -0.2) is 11.5 Å². The monoisotopic (exact) mass is 417 g/mol. The molecule has 0 aromatic carbocycles. The van der Waals surface area contributed by atoms with Crippen LogP contribution in [0.2, 0.25) is 0 Å². The van der Waals surface area contributed by atoms with E-state index in [2.05, 4.69) is 69.4 Å². The van der Waals surface area contributed by atoms with Crippen molar-refractivity contribution in [1.82, 2.24) is 4.98 Å². The topological polar surface area (TPSA) is 50.9 Å². The number of terminal acetylenes is 1. The molecule has 0 aliphatic carbocycles. The minimum atomic E-state index is 0.685. The first-order chi connectivity index (χ1) is 13.6. The molecule has 3 aromatic heterocycles. The molecule has 0 radical (unpaired) electrons. The van der Waals surface area contributed by atoms with Crippen LogP contribution >= 0.6 is 22.7 Å². The Morgan fingerprint density at radius 3 is 2.36 bits per heavy atom. The van der Waals surface area contributed by atoms with Crippen LogP contribution in [0.4, 0.5) is 5.69 Å². The lowest BCUT2D eigenvalue weighted by Crippen LogP contribution is -2.01. The first kappa shape index (κ1) is 26.1. The Morgan fingerprint density at radius 1 is 1.18 bits per heavy atom. The molecule has 0 aliphatic rings. The second-order valence-electron chi connectivity index (χ2n) is 5.82. The average molecular weight is 418 g/mol. The van der Waals surface area contributed by atoms with E-state index in [1.807, 2.05) is 25.2 Å². The number of pyridine rings is 1. The lowest BCUT2D eigenvalue weighted by Gasteiger charge is -2.07. The van der Waals surface area contributed by atoms with Gasteiger partial charge in [0, 0.05) is 22.0 Å². The normalized spacial score (nSPS) is 9.32. The summed E-state index contributed by atoms with van der Waals surface area (Å²) in [6, 6.07) is 6.38. The minimum Gasteiger partial charge on any atom is -0.379 e. The molecule has 0 bridgehead atoms. The smallest absolute Gasteiger partial charge is 0.0865 e. The average Bonchev–Trinajstić information content (AvgIpc) is 3.34. The molecule has 3 aromatic rings. The second kappa shape index (κ2) is 15.1. The highest BCUT2D eigenvalue weighted by Gasteiger charge is 2.13. The molecule has 0 fully saturated rings. The van der Waals surface area contributed by atoms with Crippen LogP contribution in [0.15, 0.2) is 23.6 Å². The lowest BCUT2D eigenvalue weighted by molar-refractivity contribution is 0.980. The Morgan fingerprint density at radius 2 is 1.82 bits per heavy atom. The van der Waals surface area contributed by atoms with Crippen LogP contribution in [0.5, 0.6) is 0 Å². The van der Waals surface area contributed by atoms with Crippen LogP contribution in [0, 0.1) is 26.7 Å². The molecule has 5 heteroatoms. The van der Waals surface area contributed by atoms with Gasteiger partial charge in [0.25, 0.3) is 0 Å². The number of rotatable bonds is 5. The molecule has 3 N–H and O–H groups in total. The number of hydrogen-bond donors (Lipinski definition) is 2. The molecule has 0 unspecified atom stereocenters. The predicted molar refractivity (Wildman–Crippen MR) is 131 cm³/mol. The van der Waals surface area contributed by atoms with Crippen molar-refractivity contribution < 1.29 is 0 Å². The number of anilines is 1. The van der Waals surface area contributed by atoms with Gasteiger partial charge in [-0.2, -0.15) is 0 Å². The van der Waals surface area contributed by atoms with Crippen molar-refractivity contribution in [2.75, 3.05) is 11.9 Å². The number of nitrogens with two attached hydrogens (primary N) is 1. The largest absolute Gasteiger partial charge is 0.379 e. The maximum atomic E-state index is 5.71. The third-order valence-corrected chi connectivity index (χ3v) is 5.75. The fourth-order valence-corrected chi connectivity index (χ4v) is 4.34. The van der Waals surface area contributed by atoms with Crippen LogP contribution in [0.1, 0.15) is 55.1 Å². The molecule has 0 spiro atoms. The summed E-state index contributed by atoms with van der Waals surface area (Å²) in [5.41, 5.74) is 10.4. The maximum absolute atomic E-state index is 5.71. The van der Waals surface area contributed by atoms with E-state index in [0.717, 1.165) is 24.2 Å². The number of thiophene rings is 2. The van der Waals surface area contributed by atoms with Gasteiger partial charge in [0.2, 0.25) is 0 Å².